The van der Waals surface area contributed by atoms with E-state index in [2.05, 4.69) is 144 Å². The van der Waals surface area contributed by atoms with E-state index in [0.717, 1.165) is 23.0 Å². The molecule has 7 rings (SSSR count). The Hall–Kier alpha value is -3.29. The van der Waals surface area contributed by atoms with Crippen molar-refractivity contribution in [3.63, 3.8) is 0 Å². The van der Waals surface area contributed by atoms with E-state index in [-0.39, 0.29) is 36.6 Å². The lowest BCUT2D eigenvalue weighted by Crippen LogP contribution is -2.41. The van der Waals surface area contributed by atoms with Crippen LogP contribution in [0.5, 0.6) is 0 Å². The Labute approximate surface area is 256 Å². The minimum absolute atomic E-state index is 0.283. The number of hydrogen-bond acceptors (Lipinski definition) is 4. The molecule has 0 bridgehead atoms. The van der Waals surface area contributed by atoms with Crippen LogP contribution in [0.4, 0.5) is 0 Å². The molecule has 43 heavy (non-hydrogen) atoms. The first-order chi connectivity index (χ1) is 20.2. The molecule has 2 aliphatic rings. The Kier molecular flexibility index (Phi) is 7.41. The first kappa shape index (κ1) is 29.8. The molecule has 222 valence electrons. The van der Waals surface area contributed by atoms with Gasteiger partial charge < -0.3 is 28.2 Å². The lowest BCUT2D eigenvalue weighted by molar-refractivity contribution is 0.00578. The molecule has 0 radical (unpaired) electrons. The maximum Gasteiger partial charge on any atom is 0.494 e. The van der Waals surface area contributed by atoms with Gasteiger partial charge in [0.1, 0.15) is 0 Å². The second-order valence-corrected chi connectivity index (χ2v) is 13.7. The van der Waals surface area contributed by atoms with Gasteiger partial charge in [-0.1, -0.05) is 54.6 Å². The van der Waals surface area contributed by atoms with Crippen LogP contribution in [0.25, 0.3) is 21.8 Å². The average molecular weight is 576 g/mol. The molecule has 4 heterocycles. The van der Waals surface area contributed by atoms with Crippen molar-refractivity contribution in [1.29, 1.82) is 0 Å². The average Bonchev–Trinajstić information content (AvgIpc) is 3.68. The Bertz CT molecular complexity index is 1710. The molecule has 0 saturated carbocycles. The highest BCUT2D eigenvalue weighted by Crippen LogP contribution is 2.37. The molecular formula is C35H42B2N2O4. The molecular weight excluding hydrogens is 534 g/mol. The number of H-pyrrole nitrogens is 1. The third-order valence-corrected chi connectivity index (χ3v) is 9.62. The molecule has 0 unspecified atom stereocenters. The maximum absolute atomic E-state index is 6.17. The largest absolute Gasteiger partial charge is 0.494 e. The second kappa shape index (κ2) is 10.7. The van der Waals surface area contributed by atoms with Crippen molar-refractivity contribution in [3.8, 4) is 0 Å². The molecule has 5 aromatic rings. The van der Waals surface area contributed by atoms with Crippen molar-refractivity contribution in [2.24, 2.45) is 0 Å². The minimum Gasteiger partial charge on any atom is -0.399 e. The van der Waals surface area contributed by atoms with Gasteiger partial charge in [0.2, 0.25) is 0 Å². The van der Waals surface area contributed by atoms with Gasteiger partial charge in [-0.3, -0.25) is 0 Å². The number of aromatic amines is 1. The molecule has 2 aliphatic heterocycles. The van der Waals surface area contributed by atoms with Crippen LogP contribution in [-0.4, -0.2) is 46.2 Å². The summed E-state index contributed by atoms with van der Waals surface area (Å²) in [5.74, 6) is 0. The third kappa shape index (κ3) is 5.69. The van der Waals surface area contributed by atoms with Crippen molar-refractivity contribution < 1.29 is 18.6 Å². The van der Waals surface area contributed by atoms with Crippen molar-refractivity contribution >= 4 is 47.0 Å². The third-order valence-electron chi connectivity index (χ3n) is 9.62. The molecule has 0 aliphatic carbocycles. The lowest BCUT2D eigenvalue weighted by Gasteiger charge is -2.32. The van der Waals surface area contributed by atoms with Crippen LogP contribution in [0.3, 0.4) is 0 Å². The number of hydrogen-bond donors (Lipinski definition) is 1. The highest BCUT2D eigenvalue weighted by atomic mass is 16.7. The van der Waals surface area contributed by atoms with E-state index in [1.54, 1.807) is 0 Å². The van der Waals surface area contributed by atoms with Crippen LogP contribution in [0.1, 0.15) is 61.0 Å². The van der Waals surface area contributed by atoms with Gasteiger partial charge in [0.25, 0.3) is 0 Å². The molecule has 2 aromatic heterocycles. The van der Waals surface area contributed by atoms with Crippen molar-refractivity contribution in [2.75, 3.05) is 0 Å². The van der Waals surface area contributed by atoms with E-state index in [0.29, 0.717) is 0 Å². The topological polar surface area (TPSA) is 57.6 Å². The standard InChI is InChI=1S/C21H24BNO2.C14H18BNO2/c1-20(2)21(3,4)25-22(24-20)18-10-11-19-17(14-18)12-13-23(19)15-16-8-6-5-7-9-16;1-13(2)14(3,4)18-15(17-13)11-5-6-12-10(9-11)7-8-16-12/h5-14H,15H2,1-4H3;5-9,16H,1-4H3. The molecule has 0 atom stereocenters. The SMILES string of the molecule is CC1(C)OB(c2ccc3[nH]ccc3c2)OC1(C)C.CC1(C)OB(c2ccc3c(ccn3Cc3ccccc3)c2)OC1(C)C. The fourth-order valence-corrected chi connectivity index (χ4v) is 5.46. The number of aromatic nitrogens is 2. The van der Waals surface area contributed by atoms with Gasteiger partial charge in [0.15, 0.2) is 0 Å². The fourth-order valence-electron chi connectivity index (χ4n) is 5.46. The van der Waals surface area contributed by atoms with E-state index in [9.17, 15) is 0 Å². The number of rotatable bonds is 4. The minimum atomic E-state index is -0.314. The summed E-state index contributed by atoms with van der Waals surface area (Å²) < 4.78 is 26.7. The molecule has 6 nitrogen and oxygen atoms in total. The Morgan fingerprint density at radius 3 is 1.72 bits per heavy atom. The van der Waals surface area contributed by atoms with Crippen molar-refractivity contribution in [1.82, 2.24) is 9.55 Å². The maximum atomic E-state index is 6.17. The second-order valence-electron chi connectivity index (χ2n) is 13.7. The molecule has 2 saturated heterocycles. The van der Waals surface area contributed by atoms with Crippen LogP contribution in [0, 0.1) is 0 Å². The van der Waals surface area contributed by atoms with Crippen molar-refractivity contribution in [2.45, 2.75) is 84.3 Å². The van der Waals surface area contributed by atoms with Crippen LogP contribution in [0.2, 0.25) is 0 Å². The number of nitrogens with one attached hydrogen (secondary N) is 1. The molecule has 3 aromatic carbocycles. The predicted octanol–water partition coefficient (Wildman–Crippen LogP) is 6.46. The summed E-state index contributed by atoms with van der Waals surface area (Å²) in [6, 6.07) is 27.4. The Morgan fingerprint density at radius 1 is 0.605 bits per heavy atom. The molecule has 8 heteroatoms. The summed E-state index contributed by atoms with van der Waals surface area (Å²) in [4.78, 5) is 3.19. The lowest BCUT2D eigenvalue weighted by atomic mass is 9.78. The van der Waals surface area contributed by atoms with Gasteiger partial charge in [0.05, 0.1) is 22.4 Å². The summed E-state index contributed by atoms with van der Waals surface area (Å²) in [7, 11) is -0.596. The van der Waals surface area contributed by atoms with Crippen LogP contribution in [-0.2, 0) is 25.2 Å². The van der Waals surface area contributed by atoms with Crippen LogP contribution in [0.15, 0.2) is 91.3 Å². The number of benzene rings is 3. The van der Waals surface area contributed by atoms with Crippen LogP contribution >= 0.6 is 0 Å². The normalized spacial score (nSPS) is 20.0. The molecule has 1 N–H and O–H groups in total. The molecule has 2 fully saturated rings. The summed E-state index contributed by atoms with van der Waals surface area (Å²) in [5, 5.41) is 2.39. The summed E-state index contributed by atoms with van der Waals surface area (Å²) in [6.45, 7) is 17.5. The predicted molar refractivity (Wildman–Crippen MR) is 177 cm³/mol. The molecule has 0 amide bonds. The van der Waals surface area contributed by atoms with Crippen molar-refractivity contribution in [3.05, 3.63) is 96.8 Å². The van der Waals surface area contributed by atoms with Gasteiger partial charge in [-0.15, -0.1) is 0 Å². The number of fused-ring (bicyclic) bond motifs is 2. The quantitative estimate of drug-likeness (QED) is 0.250. The first-order valence-electron chi connectivity index (χ1n) is 15.2. The van der Waals surface area contributed by atoms with Crippen LogP contribution < -0.4 is 10.9 Å². The zero-order valence-electron chi connectivity index (χ0n) is 26.6. The van der Waals surface area contributed by atoms with Gasteiger partial charge in [-0.05, 0) is 107 Å². The first-order valence-corrected chi connectivity index (χ1v) is 15.2. The van der Waals surface area contributed by atoms with E-state index in [1.165, 1.54) is 21.9 Å². The monoisotopic (exact) mass is 576 g/mol. The Balaban J connectivity index is 0.000000162. The highest BCUT2D eigenvalue weighted by Gasteiger charge is 2.52. The highest BCUT2D eigenvalue weighted by molar-refractivity contribution is 6.62. The van der Waals surface area contributed by atoms with Gasteiger partial charge in [-0.25, -0.2) is 0 Å². The fraction of sp³-hybridized carbons (Fsp3) is 0.371. The zero-order valence-corrected chi connectivity index (χ0v) is 26.6. The summed E-state index contributed by atoms with van der Waals surface area (Å²) in [5.41, 5.74) is 4.60. The van der Waals surface area contributed by atoms with E-state index in [1.807, 2.05) is 12.3 Å². The van der Waals surface area contributed by atoms with E-state index >= 15 is 0 Å². The Morgan fingerprint density at radius 2 is 1.14 bits per heavy atom. The number of nitrogens with zero attached hydrogens (tertiary/aromatic N) is 1. The van der Waals surface area contributed by atoms with E-state index in [4.69, 9.17) is 18.6 Å². The summed E-state index contributed by atoms with van der Waals surface area (Å²) in [6.07, 6.45) is 4.09. The van der Waals surface area contributed by atoms with E-state index < -0.39 is 0 Å². The van der Waals surface area contributed by atoms with Gasteiger partial charge >= 0.3 is 14.2 Å². The smallest absolute Gasteiger partial charge is 0.399 e. The zero-order chi connectivity index (χ0) is 30.6. The van der Waals surface area contributed by atoms with Gasteiger partial charge in [-0.2, -0.15) is 0 Å². The van der Waals surface area contributed by atoms with Gasteiger partial charge in [0, 0.05) is 30.0 Å². The summed E-state index contributed by atoms with van der Waals surface area (Å²) >= 11 is 0. The molecule has 0 spiro atoms.